The number of aromatic nitrogens is 4. The molecule has 5 rings (SSSR count). The molecule has 1 aliphatic rings. The fraction of sp³-hybridized carbons (Fsp3) is 0.455. The summed E-state index contributed by atoms with van der Waals surface area (Å²) in [6.07, 6.45) is 2.51. The van der Waals surface area contributed by atoms with Gasteiger partial charge in [0, 0.05) is 49.5 Å². The van der Waals surface area contributed by atoms with Crippen LogP contribution in [0.4, 0.5) is 9.18 Å². The zero-order chi connectivity index (χ0) is 33.2. The molecule has 0 fully saturated rings. The van der Waals surface area contributed by atoms with Crippen LogP contribution in [0.3, 0.4) is 0 Å². The summed E-state index contributed by atoms with van der Waals surface area (Å²) in [4.78, 5) is 32.0. The second-order valence-corrected chi connectivity index (χ2v) is 13.0. The smallest absolute Gasteiger partial charge is 0.410 e. The van der Waals surface area contributed by atoms with Crippen molar-refractivity contribution in [2.75, 3.05) is 33.4 Å². The summed E-state index contributed by atoms with van der Waals surface area (Å²) < 4.78 is 33.5. The Bertz CT molecular complexity index is 1720. The van der Waals surface area contributed by atoms with Crippen molar-refractivity contribution in [3.8, 4) is 11.1 Å². The average Bonchev–Trinajstić information content (AvgIpc) is 3.70. The van der Waals surface area contributed by atoms with Gasteiger partial charge in [0.05, 0.1) is 41.8 Å². The monoisotopic (exact) mass is 673 g/mol. The van der Waals surface area contributed by atoms with Crippen LogP contribution in [0.25, 0.3) is 22.0 Å². The van der Waals surface area contributed by atoms with Gasteiger partial charge in [-0.3, -0.25) is 4.68 Å². The number of halogens is 3. The van der Waals surface area contributed by atoms with Crippen molar-refractivity contribution >= 4 is 46.2 Å². The number of ether oxygens (including phenoxy) is 3. The molecule has 246 valence electrons. The first kappa shape index (κ1) is 33.7. The summed E-state index contributed by atoms with van der Waals surface area (Å²) >= 11 is 13.7. The maximum absolute atomic E-state index is 14.2. The number of carbonyl (C=O) groups is 2. The van der Waals surface area contributed by atoms with E-state index in [2.05, 4.69) is 4.98 Å². The molecule has 3 heterocycles. The van der Waals surface area contributed by atoms with Gasteiger partial charge >= 0.3 is 12.1 Å². The quantitative estimate of drug-likeness (QED) is 0.164. The van der Waals surface area contributed by atoms with Gasteiger partial charge in [0.1, 0.15) is 17.3 Å². The lowest BCUT2D eigenvalue weighted by Gasteiger charge is -2.27. The third kappa shape index (κ3) is 7.32. The van der Waals surface area contributed by atoms with Crippen LogP contribution in [0.15, 0.2) is 42.9 Å². The van der Waals surface area contributed by atoms with E-state index < -0.39 is 23.8 Å². The molecule has 0 saturated carbocycles. The summed E-state index contributed by atoms with van der Waals surface area (Å²) in [6, 6.07) is 8.55. The van der Waals surface area contributed by atoms with Crippen LogP contribution in [0, 0.1) is 0 Å². The van der Waals surface area contributed by atoms with Gasteiger partial charge in [-0.25, -0.2) is 19.0 Å². The van der Waals surface area contributed by atoms with Gasteiger partial charge in [0.15, 0.2) is 6.04 Å². The number of imidazole rings is 1. The number of alkyl halides is 1. The third-order valence-electron chi connectivity index (χ3n) is 7.68. The minimum absolute atomic E-state index is 0.153. The largest absolute Gasteiger partial charge is 0.464 e. The summed E-state index contributed by atoms with van der Waals surface area (Å²) in [7, 11) is 1.59. The summed E-state index contributed by atoms with van der Waals surface area (Å²) in [5, 5.41) is 6.01. The van der Waals surface area contributed by atoms with Crippen molar-refractivity contribution in [3.05, 3.63) is 69.9 Å². The fourth-order valence-corrected chi connectivity index (χ4v) is 6.04. The van der Waals surface area contributed by atoms with Crippen molar-refractivity contribution in [1.29, 1.82) is 0 Å². The maximum atomic E-state index is 14.2. The highest BCUT2D eigenvalue weighted by atomic mass is 35.5. The number of hydrogen-bond donors (Lipinski definition) is 0. The van der Waals surface area contributed by atoms with E-state index in [1.807, 2.05) is 45.0 Å². The molecule has 13 heteroatoms. The normalized spacial score (nSPS) is 15.2. The number of nitrogens with zero attached hydrogens (tertiary/aromatic N) is 5. The number of amides is 1. The first-order valence-electron chi connectivity index (χ1n) is 15.2. The number of hydrogen-bond acceptors (Lipinski definition) is 7. The summed E-state index contributed by atoms with van der Waals surface area (Å²) in [5.41, 5.74) is 3.34. The summed E-state index contributed by atoms with van der Waals surface area (Å²) in [6.45, 7) is 8.85. The molecule has 1 aliphatic heterocycles. The Kier molecular flexibility index (Phi) is 10.2. The van der Waals surface area contributed by atoms with E-state index in [0.29, 0.717) is 64.0 Å². The first-order chi connectivity index (χ1) is 21.9. The molecular formula is C33H38Cl2FN5O5. The Balaban J connectivity index is 1.40. The van der Waals surface area contributed by atoms with Crippen molar-refractivity contribution in [2.24, 2.45) is 0 Å². The molecule has 2 aromatic carbocycles. The van der Waals surface area contributed by atoms with E-state index >= 15 is 0 Å². The zero-order valence-corrected chi connectivity index (χ0v) is 28.1. The van der Waals surface area contributed by atoms with Crippen LogP contribution in [-0.4, -0.2) is 81.5 Å². The van der Waals surface area contributed by atoms with Gasteiger partial charge in [0.25, 0.3) is 0 Å². The lowest BCUT2D eigenvalue weighted by molar-refractivity contribution is -0.146. The fourth-order valence-electron chi connectivity index (χ4n) is 5.49. The Morgan fingerprint density at radius 3 is 2.59 bits per heavy atom. The number of methoxy groups -OCH3 is 1. The Morgan fingerprint density at radius 2 is 1.91 bits per heavy atom. The van der Waals surface area contributed by atoms with E-state index in [0.717, 1.165) is 11.1 Å². The highest BCUT2D eigenvalue weighted by molar-refractivity contribution is 6.42. The number of rotatable bonds is 11. The molecule has 2 atom stereocenters. The molecule has 2 aromatic heterocycles. The maximum Gasteiger partial charge on any atom is 0.410 e. The second kappa shape index (κ2) is 14.0. The van der Waals surface area contributed by atoms with Gasteiger partial charge in [-0.2, -0.15) is 5.10 Å². The molecule has 0 spiro atoms. The first-order valence-corrected chi connectivity index (χ1v) is 15.9. The number of fused-ring (bicyclic) bond motifs is 2. The minimum Gasteiger partial charge on any atom is -0.464 e. The molecule has 0 unspecified atom stereocenters. The predicted molar refractivity (Wildman–Crippen MR) is 174 cm³/mol. The standard InChI is InChI=1S/C33H38Cl2FN5O5/c1-6-45-31(42)30(29-26-15-22(36)17-40(26)19-37-29)41-18-24-25(34)16-23(27(35)28(24)38-41)21-9-7-20(8-10-21)11-12-39(13-14-44-5)32(43)46-33(2,3)4/h7-10,16,18-19,22,30H,6,11-15,17H2,1-5H3/t22-,30-/m1/s1. The Labute approximate surface area is 277 Å². The highest BCUT2D eigenvalue weighted by Crippen LogP contribution is 2.39. The molecule has 10 nitrogen and oxygen atoms in total. The molecule has 4 aromatic rings. The van der Waals surface area contributed by atoms with E-state index in [1.54, 1.807) is 35.8 Å². The van der Waals surface area contributed by atoms with Crippen LogP contribution in [-0.2, 0) is 38.4 Å². The molecule has 0 bridgehead atoms. The molecule has 0 radical (unpaired) electrons. The zero-order valence-electron chi connectivity index (χ0n) is 26.6. The molecule has 1 amide bonds. The Hall–Kier alpha value is -3.67. The van der Waals surface area contributed by atoms with Gasteiger partial charge in [-0.15, -0.1) is 0 Å². The van der Waals surface area contributed by atoms with Crippen molar-refractivity contribution < 1.29 is 28.2 Å². The van der Waals surface area contributed by atoms with Crippen LogP contribution in [0.1, 0.15) is 50.7 Å². The van der Waals surface area contributed by atoms with Crippen LogP contribution >= 0.6 is 23.2 Å². The van der Waals surface area contributed by atoms with Gasteiger partial charge in [0.2, 0.25) is 0 Å². The average molecular weight is 675 g/mol. The molecular weight excluding hydrogens is 636 g/mol. The topological polar surface area (TPSA) is 101 Å². The summed E-state index contributed by atoms with van der Waals surface area (Å²) in [5.74, 6) is -0.561. The molecule has 0 aliphatic carbocycles. The number of benzene rings is 2. The van der Waals surface area contributed by atoms with E-state index in [1.165, 1.54) is 11.0 Å². The predicted octanol–water partition coefficient (Wildman–Crippen LogP) is 6.68. The van der Waals surface area contributed by atoms with Crippen LogP contribution in [0.2, 0.25) is 10.0 Å². The second-order valence-electron chi connectivity index (χ2n) is 12.2. The molecule has 46 heavy (non-hydrogen) atoms. The van der Waals surface area contributed by atoms with Crippen LogP contribution < -0.4 is 0 Å². The van der Waals surface area contributed by atoms with E-state index in [-0.39, 0.29) is 25.7 Å². The van der Waals surface area contributed by atoms with E-state index in [4.69, 9.17) is 42.5 Å². The number of esters is 1. The Morgan fingerprint density at radius 1 is 1.17 bits per heavy atom. The van der Waals surface area contributed by atoms with Crippen LogP contribution in [0.5, 0.6) is 0 Å². The highest BCUT2D eigenvalue weighted by Gasteiger charge is 2.35. The minimum atomic E-state index is -1.05. The van der Waals surface area contributed by atoms with Crippen molar-refractivity contribution in [3.63, 3.8) is 0 Å². The van der Waals surface area contributed by atoms with Gasteiger partial charge in [-0.1, -0.05) is 47.5 Å². The lowest BCUT2D eigenvalue weighted by atomic mass is 10.0. The lowest BCUT2D eigenvalue weighted by Crippen LogP contribution is -2.39. The van der Waals surface area contributed by atoms with Crippen molar-refractivity contribution in [2.45, 2.75) is 64.9 Å². The number of carbonyl (C=O) groups excluding carboxylic acids is 2. The van der Waals surface area contributed by atoms with E-state index in [9.17, 15) is 14.0 Å². The van der Waals surface area contributed by atoms with Gasteiger partial charge in [-0.05, 0) is 51.3 Å². The van der Waals surface area contributed by atoms with Gasteiger partial charge < -0.3 is 23.7 Å². The SMILES string of the molecule is CCOC(=O)[C@@H](c1ncn2c1C[C@@H](F)C2)n1cc2c(Cl)cc(-c3ccc(CCN(CCOC)C(=O)OC(C)(C)C)cc3)c(Cl)c2n1. The van der Waals surface area contributed by atoms with Crippen molar-refractivity contribution in [1.82, 2.24) is 24.2 Å². The third-order valence-corrected chi connectivity index (χ3v) is 8.37. The molecule has 0 N–H and O–H groups in total. The molecule has 0 saturated heterocycles.